The first-order chi connectivity index (χ1) is 19.3. The zero-order valence-corrected chi connectivity index (χ0v) is 25.1. The predicted molar refractivity (Wildman–Crippen MR) is 166 cm³/mol. The lowest BCUT2D eigenvalue weighted by Crippen LogP contribution is -2.36. The van der Waals surface area contributed by atoms with E-state index < -0.39 is 5.97 Å². The summed E-state index contributed by atoms with van der Waals surface area (Å²) in [5, 5.41) is 3.44. The van der Waals surface area contributed by atoms with Gasteiger partial charge in [-0.2, -0.15) is 0 Å². The summed E-state index contributed by atoms with van der Waals surface area (Å²) >= 11 is 0. The van der Waals surface area contributed by atoms with Crippen molar-refractivity contribution < 1.29 is 19.1 Å². The van der Waals surface area contributed by atoms with Gasteiger partial charge in [0.05, 0.1) is 24.5 Å². The average Bonchev–Trinajstić information content (AvgIpc) is 2.93. The molecule has 218 valence electrons. The smallest absolute Gasteiger partial charge is 0.340 e. The SMILES string of the molecule is CCCCCCN(C(=O)COCc1ccccc1)c1cc(NC/C=C(\C)CCC=C(C)C)ccc1C(=O)OCC. The number of esters is 1. The zero-order valence-electron chi connectivity index (χ0n) is 25.1. The Morgan fingerprint density at radius 2 is 1.73 bits per heavy atom. The standard InChI is InChI=1S/C34H48N2O4/c1-6-8-9-13-23-36(33(37)26-39-25-29-17-11-10-12-18-29)32-24-30(19-20-31(32)34(38)40-7-2)35-22-21-28(5)16-14-15-27(3)4/h10-12,15,17-21,24,35H,6-9,13-14,16,22-23,25-26H2,1-5H3/b28-21+. The summed E-state index contributed by atoms with van der Waals surface area (Å²) in [6.07, 6.45) is 10.5. The molecule has 0 aliphatic rings. The molecule has 1 N–H and O–H groups in total. The number of anilines is 2. The number of carbonyl (C=O) groups excluding carboxylic acids is 2. The maximum absolute atomic E-state index is 13.5. The second-order valence-corrected chi connectivity index (χ2v) is 10.3. The Labute approximate surface area is 241 Å². The number of benzene rings is 2. The number of hydrogen-bond acceptors (Lipinski definition) is 5. The van der Waals surface area contributed by atoms with Gasteiger partial charge in [0.15, 0.2) is 0 Å². The van der Waals surface area contributed by atoms with Crippen molar-refractivity contribution >= 4 is 23.3 Å². The van der Waals surface area contributed by atoms with Crippen LogP contribution in [0.4, 0.5) is 11.4 Å². The second-order valence-electron chi connectivity index (χ2n) is 10.3. The van der Waals surface area contributed by atoms with Gasteiger partial charge in [0.2, 0.25) is 0 Å². The van der Waals surface area contributed by atoms with Crippen LogP contribution in [0.15, 0.2) is 71.8 Å². The first-order valence-corrected chi connectivity index (χ1v) is 14.6. The molecule has 0 bridgehead atoms. The number of nitrogens with zero attached hydrogens (tertiary/aromatic N) is 1. The molecule has 2 aromatic rings. The van der Waals surface area contributed by atoms with E-state index in [1.807, 2.05) is 42.5 Å². The van der Waals surface area contributed by atoms with Crippen LogP contribution in [0.1, 0.15) is 89.1 Å². The number of amides is 1. The lowest BCUT2D eigenvalue weighted by Gasteiger charge is -2.26. The molecule has 6 nitrogen and oxygen atoms in total. The third-order valence-corrected chi connectivity index (χ3v) is 6.51. The Hall–Kier alpha value is -3.38. The number of carbonyl (C=O) groups is 2. The Morgan fingerprint density at radius 1 is 0.950 bits per heavy atom. The number of hydrogen-bond donors (Lipinski definition) is 1. The first-order valence-electron chi connectivity index (χ1n) is 14.6. The predicted octanol–water partition coefficient (Wildman–Crippen LogP) is 8.10. The number of nitrogens with one attached hydrogen (secondary N) is 1. The van der Waals surface area contributed by atoms with Crippen LogP contribution in [0.5, 0.6) is 0 Å². The third kappa shape index (κ3) is 12.2. The molecule has 2 aromatic carbocycles. The van der Waals surface area contributed by atoms with Crippen molar-refractivity contribution in [2.24, 2.45) is 0 Å². The van der Waals surface area contributed by atoms with Crippen LogP contribution in [0, 0.1) is 0 Å². The molecule has 0 aliphatic carbocycles. The van der Waals surface area contributed by atoms with Crippen molar-refractivity contribution in [3.05, 3.63) is 83.0 Å². The van der Waals surface area contributed by atoms with Gasteiger partial charge in [-0.05, 0) is 70.7 Å². The van der Waals surface area contributed by atoms with Crippen LogP contribution in [-0.2, 0) is 20.9 Å². The third-order valence-electron chi connectivity index (χ3n) is 6.51. The maximum atomic E-state index is 13.5. The van der Waals surface area contributed by atoms with Gasteiger partial charge in [0, 0.05) is 18.8 Å². The van der Waals surface area contributed by atoms with Crippen molar-refractivity contribution in [2.45, 2.75) is 79.8 Å². The lowest BCUT2D eigenvalue weighted by molar-refractivity contribution is -0.123. The summed E-state index contributed by atoms with van der Waals surface area (Å²) in [5.41, 5.74) is 5.43. The molecule has 0 saturated carbocycles. The quantitative estimate of drug-likeness (QED) is 0.116. The summed E-state index contributed by atoms with van der Waals surface area (Å²) in [7, 11) is 0. The van der Waals surface area contributed by atoms with Crippen LogP contribution in [-0.4, -0.2) is 38.2 Å². The molecule has 0 fully saturated rings. The summed E-state index contributed by atoms with van der Waals surface area (Å²) in [4.78, 5) is 28.1. The van der Waals surface area contributed by atoms with Gasteiger partial charge in [-0.15, -0.1) is 0 Å². The van der Waals surface area contributed by atoms with Crippen molar-refractivity contribution in [1.29, 1.82) is 0 Å². The fourth-order valence-electron chi connectivity index (χ4n) is 4.26. The first kappa shape index (κ1) is 32.8. The highest BCUT2D eigenvalue weighted by molar-refractivity contribution is 6.03. The number of allylic oxidation sites excluding steroid dienone is 3. The van der Waals surface area contributed by atoms with E-state index >= 15 is 0 Å². The molecule has 1 amide bonds. The summed E-state index contributed by atoms with van der Waals surface area (Å²) < 4.78 is 11.1. The van der Waals surface area contributed by atoms with Crippen LogP contribution >= 0.6 is 0 Å². The van der Waals surface area contributed by atoms with Crippen molar-refractivity contribution in [2.75, 3.05) is 36.5 Å². The number of unbranched alkanes of at least 4 members (excludes halogenated alkanes) is 3. The Kier molecular flexibility index (Phi) is 15.5. The maximum Gasteiger partial charge on any atom is 0.340 e. The lowest BCUT2D eigenvalue weighted by atomic mass is 10.1. The summed E-state index contributed by atoms with van der Waals surface area (Å²) in [6.45, 7) is 12.0. The molecule has 0 heterocycles. The number of ether oxygens (including phenoxy) is 2. The van der Waals surface area contributed by atoms with E-state index in [9.17, 15) is 9.59 Å². The van der Waals surface area contributed by atoms with E-state index in [0.717, 1.165) is 49.8 Å². The van der Waals surface area contributed by atoms with Crippen molar-refractivity contribution in [3.63, 3.8) is 0 Å². The summed E-state index contributed by atoms with van der Waals surface area (Å²) in [5.74, 6) is -0.610. The van der Waals surface area contributed by atoms with E-state index in [1.165, 1.54) is 11.1 Å². The molecule has 0 radical (unpaired) electrons. The fraction of sp³-hybridized carbons (Fsp3) is 0.471. The van der Waals surface area contributed by atoms with Crippen molar-refractivity contribution in [3.8, 4) is 0 Å². The van der Waals surface area contributed by atoms with Gasteiger partial charge in [-0.1, -0.05) is 79.8 Å². The van der Waals surface area contributed by atoms with Gasteiger partial charge in [-0.3, -0.25) is 4.79 Å². The Balaban J connectivity index is 2.24. The molecular weight excluding hydrogens is 500 g/mol. The molecule has 0 unspecified atom stereocenters. The minimum absolute atomic E-state index is 0.0732. The van der Waals surface area contributed by atoms with Gasteiger partial charge in [0.25, 0.3) is 5.91 Å². The number of rotatable bonds is 18. The topological polar surface area (TPSA) is 67.9 Å². The van der Waals surface area contributed by atoms with E-state index in [-0.39, 0.29) is 19.1 Å². The van der Waals surface area contributed by atoms with Crippen LogP contribution in [0.2, 0.25) is 0 Å². The molecule has 0 atom stereocenters. The molecular formula is C34H48N2O4. The highest BCUT2D eigenvalue weighted by atomic mass is 16.5. The molecule has 2 rings (SSSR count). The summed E-state index contributed by atoms with van der Waals surface area (Å²) in [6, 6.07) is 15.3. The molecule has 0 aromatic heterocycles. The molecule has 0 aliphatic heterocycles. The Bertz CT molecular complexity index is 1100. The highest BCUT2D eigenvalue weighted by Gasteiger charge is 2.23. The fourth-order valence-corrected chi connectivity index (χ4v) is 4.26. The second kappa shape index (κ2) is 18.8. The minimum Gasteiger partial charge on any atom is -0.462 e. The molecule has 0 spiro atoms. The van der Waals surface area contributed by atoms with Crippen molar-refractivity contribution in [1.82, 2.24) is 0 Å². The molecule has 6 heteroatoms. The van der Waals surface area contributed by atoms with Crippen LogP contribution < -0.4 is 10.2 Å². The minimum atomic E-state index is -0.435. The zero-order chi connectivity index (χ0) is 29.2. The monoisotopic (exact) mass is 548 g/mol. The van der Waals surface area contributed by atoms with Crippen LogP contribution in [0.3, 0.4) is 0 Å². The average molecular weight is 549 g/mol. The van der Waals surface area contributed by atoms with Gasteiger partial charge >= 0.3 is 5.97 Å². The van der Waals surface area contributed by atoms with Gasteiger partial charge in [0.1, 0.15) is 6.61 Å². The van der Waals surface area contributed by atoms with E-state index in [2.05, 4.69) is 45.2 Å². The highest BCUT2D eigenvalue weighted by Crippen LogP contribution is 2.27. The normalized spacial score (nSPS) is 11.2. The Morgan fingerprint density at radius 3 is 2.42 bits per heavy atom. The van der Waals surface area contributed by atoms with E-state index in [1.54, 1.807) is 17.9 Å². The van der Waals surface area contributed by atoms with E-state index in [4.69, 9.17) is 9.47 Å². The molecule has 40 heavy (non-hydrogen) atoms. The van der Waals surface area contributed by atoms with Crippen LogP contribution in [0.25, 0.3) is 0 Å². The van der Waals surface area contributed by atoms with Gasteiger partial charge < -0.3 is 19.7 Å². The van der Waals surface area contributed by atoms with Gasteiger partial charge in [-0.25, -0.2) is 4.79 Å². The van der Waals surface area contributed by atoms with E-state index in [0.29, 0.717) is 30.9 Å². The largest absolute Gasteiger partial charge is 0.462 e. The molecule has 0 saturated heterocycles.